The summed E-state index contributed by atoms with van der Waals surface area (Å²) in [5.74, 6) is 1.54. The first-order chi connectivity index (χ1) is 13.2. The van der Waals surface area contributed by atoms with Gasteiger partial charge in [-0.1, -0.05) is 45.4 Å². The van der Waals surface area contributed by atoms with Gasteiger partial charge in [-0.3, -0.25) is 0 Å². The molecule has 0 aliphatic heterocycles. The third-order valence-corrected chi connectivity index (χ3v) is 6.23. The second kappa shape index (κ2) is 8.12. The van der Waals surface area contributed by atoms with E-state index in [1.807, 2.05) is 30.3 Å². The lowest BCUT2D eigenvalue weighted by molar-refractivity contribution is -0.177. The fraction of sp³-hybridized carbons (Fsp3) is 0.542. The van der Waals surface area contributed by atoms with Gasteiger partial charge in [-0.2, -0.15) is 0 Å². The van der Waals surface area contributed by atoms with Crippen molar-refractivity contribution < 1.29 is 19.4 Å². The van der Waals surface area contributed by atoms with Gasteiger partial charge < -0.3 is 14.6 Å². The molecular formula is C24H32O4. The van der Waals surface area contributed by atoms with Gasteiger partial charge in [0.1, 0.15) is 11.9 Å². The van der Waals surface area contributed by atoms with Gasteiger partial charge in [-0.15, -0.1) is 0 Å². The van der Waals surface area contributed by atoms with Crippen LogP contribution in [0, 0.1) is 17.8 Å². The third-order valence-electron chi connectivity index (χ3n) is 6.23. The highest BCUT2D eigenvalue weighted by Gasteiger charge is 2.40. The van der Waals surface area contributed by atoms with E-state index in [1.54, 1.807) is 13.2 Å². The number of ether oxygens (including phenoxy) is 2. The Morgan fingerprint density at radius 3 is 2.50 bits per heavy atom. The SMILES string of the molecule is COc1ccc2cc([C@@](C)(O)C(=O)O[C@@H]3C[C@@H](C)CC[C@@H]3C(C)C)ccc2c1. The molecule has 1 aliphatic rings. The first-order valence-electron chi connectivity index (χ1n) is 10.2. The van der Waals surface area contributed by atoms with Crippen LogP contribution in [-0.2, 0) is 15.1 Å². The van der Waals surface area contributed by atoms with Crippen molar-refractivity contribution in [2.75, 3.05) is 7.11 Å². The second-order valence-electron chi connectivity index (χ2n) is 8.77. The van der Waals surface area contributed by atoms with E-state index >= 15 is 0 Å². The largest absolute Gasteiger partial charge is 0.497 e. The summed E-state index contributed by atoms with van der Waals surface area (Å²) >= 11 is 0. The van der Waals surface area contributed by atoms with Crippen LogP contribution in [0.15, 0.2) is 36.4 Å². The number of carbonyl (C=O) groups is 1. The summed E-state index contributed by atoms with van der Waals surface area (Å²) in [6, 6.07) is 11.3. The molecule has 28 heavy (non-hydrogen) atoms. The Bertz CT molecular complexity index is 840. The van der Waals surface area contributed by atoms with Crippen LogP contribution in [0.25, 0.3) is 10.8 Å². The summed E-state index contributed by atoms with van der Waals surface area (Å²) in [5, 5.41) is 13.0. The van der Waals surface area contributed by atoms with E-state index in [0.29, 0.717) is 23.3 Å². The number of esters is 1. The summed E-state index contributed by atoms with van der Waals surface area (Å²) in [7, 11) is 1.63. The number of hydrogen-bond acceptors (Lipinski definition) is 4. The second-order valence-corrected chi connectivity index (χ2v) is 8.77. The minimum atomic E-state index is -1.68. The summed E-state index contributed by atoms with van der Waals surface area (Å²) in [5.41, 5.74) is -1.14. The first kappa shape index (κ1) is 20.7. The zero-order valence-corrected chi connectivity index (χ0v) is 17.6. The highest BCUT2D eigenvalue weighted by molar-refractivity contribution is 5.87. The average Bonchev–Trinajstić information content (AvgIpc) is 2.66. The minimum Gasteiger partial charge on any atom is -0.497 e. The summed E-state index contributed by atoms with van der Waals surface area (Å²) < 4.78 is 11.2. The number of aliphatic hydroxyl groups is 1. The zero-order chi connectivity index (χ0) is 20.5. The average molecular weight is 385 g/mol. The predicted octanol–water partition coefficient (Wildman–Crippen LogP) is 5.06. The van der Waals surface area contributed by atoms with Crippen molar-refractivity contribution in [1.82, 2.24) is 0 Å². The van der Waals surface area contributed by atoms with Crippen molar-refractivity contribution in [3.63, 3.8) is 0 Å². The predicted molar refractivity (Wildman–Crippen MR) is 111 cm³/mol. The lowest BCUT2D eigenvalue weighted by atomic mass is 9.75. The maximum atomic E-state index is 13.0. The van der Waals surface area contributed by atoms with Gasteiger partial charge in [0, 0.05) is 0 Å². The van der Waals surface area contributed by atoms with E-state index in [-0.39, 0.29) is 6.10 Å². The standard InChI is InChI=1S/C24H32O4/c1-15(2)21-11-6-16(3)12-22(21)28-23(25)24(4,26)19-9-7-18-14-20(27-5)10-8-17(18)13-19/h7-10,13-16,21-22,26H,6,11-12H2,1-5H3/t16-,21+,22+,24+/m0/s1. The highest BCUT2D eigenvalue weighted by Crippen LogP contribution is 2.37. The smallest absolute Gasteiger partial charge is 0.342 e. The van der Waals surface area contributed by atoms with Crippen LogP contribution in [0.5, 0.6) is 5.75 Å². The molecular weight excluding hydrogens is 352 g/mol. The van der Waals surface area contributed by atoms with Crippen LogP contribution < -0.4 is 4.74 Å². The molecule has 4 heteroatoms. The zero-order valence-electron chi connectivity index (χ0n) is 17.6. The summed E-state index contributed by atoms with van der Waals surface area (Å²) in [6.45, 7) is 8.08. The van der Waals surface area contributed by atoms with Gasteiger partial charge in [0.2, 0.25) is 0 Å². The van der Waals surface area contributed by atoms with Crippen LogP contribution in [-0.4, -0.2) is 24.3 Å². The van der Waals surface area contributed by atoms with Crippen molar-refractivity contribution in [2.45, 2.75) is 58.7 Å². The van der Waals surface area contributed by atoms with Crippen LogP contribution in [0.4, 0.5) is 0 Å². The Kier molecular flexibility index (Phi) is 5.99. The monoisotopic (exact) mass is 384 g/mol. The topological polar surface area (TPSA) is 55.8 Å². The Morgan fingerprint density at radius 2 is 1.82 bits per heavy atom. The molecule has 0 radical (unpaired) electrons. The van der Waals surface area contributed by atoms with E-state index in [0.717, 1.165) is 29.4 Å². The molecule has 0 saturated heterocycles. The van der Waals surface area contributed by atoms with E-state index < -0.39 is 11.6 Å². The number of rotatable bonds is 5. The highest BCUT2D eigenvalue weighted by atomic mass is 16.6. The Labute approximate surface area is 167 Å². The van der Waals surface area contributed by atoms with Crippen LogP contribution in [0.3, 0.4) is 0 Å². The third kappa shape index (κ3) is 4.17. The number of benzene rings is 2. The molecule has 3 rings (SSSR count). The van der Waals surface area contributed by atoms with Gasteiger partial charge in [0.05, 0.1) is 7.11 Å². The van der Waals surface area contributed by atoms with Gasteiger partial charge >= 0.3 is 5.97 Å². The molecule has 1 aliphatic carbocycles. The number of hydrogen-bond donors (Lipinski definition) is 1. The van der Waals surface area contributed by atoms with E-state index in [1.165, 1.54) is 13.3 Å². The maximum absolute atomic E-state index is 13.0. The van der Waals surface area contributed by atoms with Crippen molar-refractivity contribution in [3.05, 3.63) is 42.0 Å². The molecule has 0 amide bonds. The van der Waals surface area contributed by atoms with Crippen LogP contribution in [0.1, 0.15) is 52.5 Å². The normalized spacial score (nSPS) is 24.8. The van der Waals surface area contributed by atoms with Gasteiger partial charge in [-0.05, 0) is 72.1 Å². The molecule has 1 saturated carbocycles. The Balaban J connectivity index is 1.82. The summed E-state index contributed by atoms with van der Waals surface area (Å²) in [6.07, 6.45) is 2.97. The minimum absolute atomic E-state index is 0.132. The molecule has 0 aromatic heterocycles. The fourth-order valence-corrected chi connectivity index (χ4v) is 4.27. The molecule has 0 bridgehead atoms. The van der Waals surface area contributed by atoms with E-state index in [9.17, 15) is 9.90 Å². The lowest BCUT2D eigenvalue weighted by Gasteiger charge is -2.38. The quantitative estimate of drug-likeness (QED) is 0.732. The van der Waals surface area contributed by atoms with Gasteiger partial charge in [0.15, 0.2) is 5.60 Å². The lowest BCUT2D eigenvalue weighted by Crippen LogP contribution is -2.42. The van der Waals surface area contributed by atoms with Crippen molar-refractivity contribution in [3.8, 4) is 5.75 Å². The first-order valence-corrected chi connectivity index (χ1v) is 10.2. The van der Waals surface area contributed by atoms with Crippen LogP contribution in [0.2, 0.25) is 0 Å². The molecule has 2 aromatic carbocycles. The van der Waals surface area contributed by atoms with Crippen molar-refractivity contribution in [1.29, 1.82) is 0 Å². The number of carbonyl (C=O) groups excluding carboxylic acids is 1. The molecule has 4 atom stereocenters. The molecule has 152 valence electrons. The van der Waals surface area contributed by atoms with Crippen molar-refractivity contribution >= 4 is 16.7 Å². The fourth-order valence-electron chi connectivity index (χ4n) is 4.27. The Morgan fingerprint density at radius 1 is 1.14 bits per heavy atom. The molecule has 1 N–H and O–H groups in total. The molecule has 4 nitrogen and oxygen atoms in total. The molecule has 0 spiro atoms. The van der Waals surface area contributed by atoms with Crippen molar-refractivity contribution in [2.24, 2.45) is 17.8 Å². The molecule has 1 fully saturated rings. The molecule has 0 heterocycles. The molecule has 0 unspecified atom stereocenters. The Hall–Kier alpha value is -2.07. The van der Waals surface area contributed by atoms with Crippen LogP contribution >= 0.6 is 0 Å². The number of methoxy groups -OCH3 is 1. The van der Waals surface area contributed by atoms with Gasteiger partial charge in [0.25, 0.3) is 0 Å². The van der Waals surface area contributed by atoms with E-state index in [4.69, 9.17) is 9.47 Å². The maximum Gasteiger partial charge on any atom is 0.342 e. The van der Waals surface area contributed by atoms with Gasteiger partial charge in [-0.25, -0.2) is 4.79 Å². The van der Waals surface area contributed by atoms with E-state index in [2.05, 4.69) is 20.8 Å². The number of fused-ring (bicyclic) bond motifs is 1. The molecule has 2 aromatic rings. The summed E-state index contributed by atoms with van der Waals surface area (Å²) in [4.78, 5) is 13.0.